The third-order valence-electron chi connectivity index (χ3n) is 8.01. The molecule has 0 bridgehead atoms. The van der Waals surface area contributed by atoms with Gasteiger partial charge in [-0.25, -0.2) is 0 Å². The van der Waals surface area contributed by atoms with Crippen LogP contribution in [-0.2, 0) is 0 Å². The summed E-state index contributed by atoms with van der Waals surface area (Å²) in [6.07, 6.45) is 5.21. The van der Waals surface area contributed by atoms with Gasteiger partial charge in [0.15, 0.2) is 0 Å². The molecule has 6 nitrogen and oxygen atoms in total. The topological polar surface area (TPSA) is 57.2 Å². The Hall–Kier alpha value is -3.26. The lowest BCUT2D eigenvalue weighted by molar-refractivity contribution is 0.237. The predicted octanol–water partition coefficient (Wildman–Crippen LogP) is 7.28. The molecule has 0 radical (unpaired) electrons. The monoisotopic (exact) mass is 557 g/mol. The van der Waals surface area contributed by atoms with Gasteiger partial charge >= 0.3 is 0 Å². The summed E-state index contributed by atoms with van der Waals surface area (Å²) in [7, 11) is 0. The number of aromatic hydroxyl groups is 1. The van der Waals surface area contributed by atoms with E-state index in [1.165, 1.54) is 62.3 Å². The van der Waals surface area contributed by atoms with Crippen molar-refractivity contribution >= 4 is 32.8 Å². The highest BCUT2D eigenvalue weighted by atomic mass is 32.1. The van der Waals surface area contributed by atoms with E-state index in [4.69, 9.17) is 9.47 Å². The van der Waals surface area contributed by atoms with E-state index in [0.717, 1.165) is 58.2 Å². The van der Waals surface area contributed by atoms with E-state index < -0.39 is 0 Å². The van der Waals surface area contributed by atoms with Crippen LogP contribution in [0.25, 0.3) is 20.5 Å². The van der Waals surface area contributed by atoms with Gasteiger partial charge in [-0.2, -0.15) is 0 Å². The molecule has 2 aliphatic heterocycles. The van der Waals surface area contributed by atoms with Crippen LogP contribution in [-0.4, -0.2) is 67.4 Å². The minimum Gasteiger partial charge on any atom is -0.508 e. The van der Waals surface area contributed by atoms with E-state index >= 15 is 0 Å². The fourth-order valence-corrected chi connectivity index (χ4v) is 7.11. The van der Waals surface area contributed by atoms with E-state index in [9.17, 15) is 5.11 Å². The molecule has 2 aliphatic rings. The van der Waals surface area contributed by atoms with Crippen LogP contribution < -0.4 is 14.8 Å². The molecule has 0 aliphatic carbocycles. The number of fused-ring (bicyclic) bond motifs is 1. The van der Waals surface area contributed by atoms with E-state index in [1.807, 2.05) is 36.4 Å². The number of anilines is 2. The molecule has 2 N–H and O–H groups in total. The zero-order valence-electron chi connectivity index (χ0n) is 23.3. The lowest BCUT2D eigenvalue weighted by atomic mass is 10.1. The first-order valence-corrected chi connectivity index (χ1v) is 15.4. The van der Waals surface area contributed by atoms with Crippen molar-refractivity contribution in [3.05, 3.63) is 66.2 Å². The van der Waals surface area contributed by atoms with Gasteiger partial charge in [0.05, 0.1) is 5.69 Å². The summed E-state index contributed by atoms with van der Waals surface area (Å²) in [6, 6.07) is 20.1. The number of nitrogens with one attached hydrogen (secondary N) is 1. The molecule has 2 saturated heterocycles. The van der Waals surface area contributed by atoms with Crippen LogP contribution in [0.2, 0.25) is 0 Å². The average molecular weight is 558 g/mol. The van der Waals surface area contributed by atoms with Crippen molar-refractivity contribution in [2.75, 3.05) is 57.8 Å². The Morgan fingerprint density at radius 2 is 1.32 bits per heavy atom. The number of phenolic OH excluding ortho intramolecular Hbond substituents is 1. The quantitative estimate of drug-likeness (QED) is 0.202. The fourth-order valence-electron chi connectivity index (χ4n) is 5.83. The highest BCUT2D eigenvalue weighted by Gasteiger charge is 2.16. The lowest BCUT2D eigenvalue weighted by Crippen LogP contribution is -2.25. The Morgan fingerprint density at radius 3 is 1.90 bits per heavy atom. The Labute approximate surface area is 241 Å². The van der Waals surface area contributed by atoms with Gasteiger partial charge in [-0.1, -0.05) is 0 Å². The second kappa shape index (κ2) is 12.5. The van der Waals surface area contributed by atoms with Crippen molar-refractivity contribution in [2.24, 2.45) is 0 Å². The Balaban J connectivity index is 1.13. The van der Waals surface area contributed by atoms with Gasteiger partial charge in [0.25, 0.3) is 0 Å². The molecule has 7 heteroatoms. The summed E-state index contributed by atoms with van der Waals surface area (Å²) in [5.41, 5.74) is 4.22. The first kappa shape index (κ1) is 26.9. The molecule has 210 valence electrons. The molecule has 0 amide bonds. The second-order valence-electron chi connectivity index (χ2n) is 10.9. The van der Waals surface area contributed by atoms with Crippen molar-refractivity contribution in [3.8, 4) is 27.7 Å². The van der Waals surface area contributed by atoms with Gasteiger partial charge in [0.1, 0.15) is 30.5 Å². The summed E-state index contributed by atoms with van der Waals surface area (Å²) in [5.74, 6) is 2.04. The second-order valence-corrected chi connectivity index (χ2v) is 11.9. The van der Waals surface area contributed by atoms with Gasteiger partial charge in [-0.15, -0.1) is 11.3 Å². The highest BCUT2D eigenvalue weighted by Crippen LogP contribution is 2.44. The summed E-state index contributed by atoms with van der Waals surface area (Å²) in [5, 5.41) is 15.2. The van der Waals surface area contributed by atoms with Crippen LogP contribution in [0.3, 0.4) is 0 Å². The van der Waals surface area contributed by atoms with Crippen LogP contribution in [0.5, 0.6) is 17.2 Å². The molecular weight excluding hydrogens is 518 g/mol. The smallest absolute Gasteiger partial charge is 0.119 e. The van der Waals surface area contributed by atoms with Gasteiger partial charge in [-0.05, 0) is 125 Å². The number of benzene rings is 3. The molecule has 40 heavy (non-hydrogen) atoms. The minimum absolute atomic E-state index is 0.256. The number of nitrogens with zero attached hydrogens (tertiary/aromatic N) is 2. The number of phenols is 1. The molecule has 4 aromatic rings. The summed E-state index contributed by atoms with van der Waals surface area (Å²) in [6.45, 7) is 10.3. The van der Waals surface area contributed by atoms with Gasteiger partial charge < -0.3 is 19.9 Å². The van der Waals surface area contributed by atoms with E-state index in [0.29, 0.717) is 6.61 Å². The van der Waals surface area contributed by atoms with Crippen LogP contribution >= 0.6 is 11.3 Å². The predicted molar refractivity (Wildman–Crippen MR) is 166 cm³/mol. The number of rotatable bonds is 11. The molecule has 2 fully saturated rings. The number of thiophene rings is 1. The molecule has 3 aromatic carbocycles. The molecule has 3 heterocycles. The summed E-state index contributed by atoms with van der Waals surface area (Å²) in [4.78, 5) is 6.13. The summed E-state index contributed by atoms with van der Waals surface area (Å²) < 4.78 is 13.0. The summed E-state index contributed by atoms with van der Waals surface area (Å²) >= 11 is 1.71. The minimum atomic E-state index is 0.256. The Kier molecular flexibility index (Phi) is 8.42. The van der Waals surface area contributed by atoms with Crippen molar-refractivity contribution < 1.29 is 14.6 Å². The SMILES string of the molecule is Cc1c(-c2ccc(OCCN3CCCC3)cc2)sc2cc(O)cc(Nc3ccc(OCCN4CCCC4)cc3)c12. The molecule has 6 rings (SSSR count). The molecule has 0 spiro atoms. The maximum absolute atomic E-state index is 10.5. The fraction of sp³-hybridized carbons (Fsp3) is 0.394. The van der Waals surface area contributed by atoms with Gasteiger partial charge in [0, 0.05) is 39.8 Å². The molecule has 0 unspecified atom stereocenters. The number of ether oxygens (including phenoxy) is 2. The van der Waals surface area contributed by atoms with Crippen molar-refractivity contribution in [1.82, 2.24) is 9.80 Å². The number of hydrogen-bond donors (Lipinski definition) is 2. The maximum atomic E-state index is 10.5. The standard InChI is InChI=1S/C33H39N3O3S/c1-24-32-30(34-26-8-12-29(13-9-26)39-21-19-36-16-4-5-17-36)22-27(37)23-31(32)40-33(24)25-6-10-28(11-7-25)38-20-18-35-14-2-3-15-35/h6-13,22-23,34,37H,2-5,14-21H2,1H3. The molecule has 1 aromatic heterocycles. The number of aryl methyl sites for hydroxylation is 1. The van der Waals surface area contributed by atoms with Crippen molar-refractivity contribution in [1.29, 1.82) is 0 Å². The third kappa shape index (κ3) is 6.38. The van der Waals surface area contributed by atoms with Crippen LogP contribution in [0.1, 0.15) is 31.2 Å². The van der Waals surface area contributed by atoms with Crippen molar-refractivity contribution in [2.45, 2.75) is 32.6 Å². The molecule has 0 atom stereocenters. The van der Waals surface area contributed by atoms with Gasteiger partial charge in [0.2, 0.25) is 0 Å². The maximum Gasteiger partial charge on any atom is 0.119 e. The van der Waals surface area contributed by atoms with E-state index in [-0.39, 0.29) is 5.75 Å². The highest BCUT2D eigenvalue weighted by molar-refractivity contribution is 7.22. The molecule has 0 saturated carbocycles. The largest absolute Gasteiger partial charge is 0.508 e. The van der Waals surface area contributed by atoms with Crippen LogP contribution in [0, 0.1) is 6.92 Å². The third-order valence-corrected chi connectivity index (χ3v) is 9.30. The van der Waals surface area contributed by atoms with Gasteiger partial charge in [-0.3, -0.25) is 9.80 Å². The van der Waals surface area contributed by atoms with Crippen LogP contribution in [0.4, 0.5) is 11.4 Å². The first-order chi connectivity index (χ1) is 19.6. The van der Waals surface area contributed by atoms with Crippen LogP contribution in [0.15, 0.2) is 60.7 Å². The van der Waals surface area contributed by atoms with E-state index in [2.05, 4.69) is 46.3 Å². The number of likely N-dealkylation sites (tertiary alicyclic amines) is 2. The Bertz CT molecular complexity index is 1410. The Morgan fingerprint density at radius 1 is 0.775 bits per heavy atom. The number of hydrogen-bond acceptors (Lipinski definition) is 7. The lowest BCUT2D eigenvalue weighted by Gasteiger charge is -2.15. The normalized spacial score (nSPS) is 16.1. The van der Waals surface area contributed by atoms with E-state index in [1.54, 1.807) is 11.3 Å². The first-order valence-electron chi connectivity index (χ1n) is 14.6. The zero-order valence-corrected chi connectivity index (χ0v) is 24.1. The average Bonchev–Trinajstić information content (AvgIpc) is 3.73. The zero-order chi connectivity index (χ0) is 27.3. The van der Waals surface area contributed by atoms with Crippen molar-refractivity contribution in [3.63, 3.8) is 0 Å². The molecular formula is C33H39N3O3S.